The van der Waals surface area contributed by atoms with Gasteiger partial charge in [0.1, 0.15) is 6.04 Å². The highest BCUT2D eigenvalue weighted by Crippen LogP contribution is 2.18. The quantitative estimate of drug-likeness (QED) is 0.716. The second-order valence-corrected chi connectivity index (χ2v) is 4.52. The zero-order valence-electron chi connectivity index (χ0n) is 9.60. The Kier molecular flexibility index (Phi) is 4.04. The van der Waals surface area contributed by atoms with Gasteiger partial charge >= 0.3 is 5.97 Å². The summed E-state index contributed by atoms with van der Waals surface area (Å²) in [6.45, 7) is 4.08. The Morgan fingerprint density at radius 3 is 2.50 bits per heavy atom. The summed E-state index contributed by atoms with van der Waals surface area (Å²) in [5.74, 6) is -2.03. The molecule has 0 aromatic heterocycles. The number of hydrogen-bond donors (Lipinski definition) is 1. The smallest absolute Gasteiger partial charge is 0.326 e. The molecule has 0 bridgehead atoms. The van der Waals surface area contributed by atoms with Gasteiger partial charge in [-0.3, -0.25) is 9.59 Å². The molecular formula is C11H17NO4. The van der Waals surface area contributed by atoms with Crippen molar-refractivity contribution in [2.75, 3.05) is 6.54 Å². The fraction of sp³-hybridized carbons (Fsp3) is 0.727. The number of nitrogens with zero attached hydrogens (tertiary/aromatic N) is 1. The maximum Gasteiger partial charge on any atom is 0.326 e. The molecule has 0 aromatic rings. The summed E-state index contributed by atoms with van der Waals surface area (Å²) in [6, 6.07) is -0.816. The number of carboxylic acids is 1. The van der Waals surface area contributed by atoms with E-state index in [1.54, 1.807) is 0 Å². The number of carbonyl (C=O) groups excluding carboxylic acids is 2. The molecule has 1 aliphatic heterocycles. The molecule has 1 aliphatic rings. The van der Waals surface area contributed by atoms with Crippen molar-refractivity contribution in [2.45, 2.75) is 39.2 Å². The Labute approximate surface area is 94.4 Å². The molecule has 1 fully saturated rings. The maximum atomic E-state index is 11.7. The molecule has 0 radical (unpaired) electrons. The van der Waals surface area contributed by atoms with E-state index in [0.29, 0.717) is 19.4 Å². The number of hydrogen-bond acceptors (Lipinski definition) is 3. The molecular weight excluding hydrogens is 210 g/mol. The Morgan fingerprint density at radius 1 is 1.38 bits per heavy atom. The lowest BCUT2D eigenvalue weighted by atomic mass is 10.1. The van der Waals surface area contributed by atoms with Crippen molar-refractivity contribution in [1.29, 1.82) is 0 Å². The van der Waals surface area contributed by atoms with Crippen LogP contribution in [-0.4, -0.2) is 40.3 Å². The van der Waals surface area contributed by atoms with E-state index in [0.717, 1.165) is 0 Å². The molecule has 1 heterocycles. The summed E-state index contributed by atoms with van der Waals surface area (Å²) >= 11 is 0. The van der Waals surface area contributed by atoms with E-state index in [1.165, 1.54) is 4.90 Å². The predicted octanol–water partition coefficient (Wildman–Crippen LogP) is 0.677. The third-order valence-corrected chi connectivity index (χ3v) is 2.63. The third kappa shape index (κ3) is 2.81. The normalized spacial score (nSPS) is 20.2. The monoisotopic (exact) mass is 227 g/mol. The van der Waals surface area contributed by atoms with Crippen LogP contribution in [0.4, 0.5) is 0 Å². The highest BCUT2D eigenvalue weighted by Gasteiger charge is 2.36. The first-order valence-electron chi connectivity index (χ1n) is 5.50. The summed E-state index contributed by atoms with van der Waals surface area (Å²) in [6.07, 6.45) is 1.27. The van der Waals surface area contributed by atoms with Gasteiger partial charge in [0.15, 0.2) is 0 Å². The first kappa shape index (κ1) is 12.7. The average Bonchev–Trinajstić information content (AvgIpc) is 2.63. The van der Waals surface area contributed by atoms with Crippen LogP contribution in [0.25, 0.3) is 0 Å². The molecule has 5 nitrogen and oxygen atoms in total. The van der Waals surface area contributed by atoms with Gasteiger partial charge in [-0.15, -0.1) is 0 Å². The number of ketones is 1. The summed E-state index contributed by atoms with van der Waals surface area (Å²) in [5.41, 5.74) is 0. The summed E-state index contributed by atoms with van der Waals surface area (Å²) < 4.78 is 0. The molecule has 0 aliphatic carbocycles. The van der Waals surface area contributed by atoms with Crippen molar-refractivity contribution in [3.63, 3.8) is 0 Å². The Morgan fingerprint density at radius 2 is 2.00 bits per heavy atom. The standard InChI is InChI=1S/C11H17NO4/c1-7(2)6-9(13)10(14)12-5-3-4-8(12)11(15)16/h7-8H,3-6H2,1-2H3,(H,15,16). The van der Waals surface area contributed by atoms with E-state index in [-0.39, 0.29) is 12.3 Å². The van der Waals surface area contributed by atoms with E-state index < -0.39 is 23.7 Å². The molecule has 16 heavy (non-hydrogen) atoms. The summed E-state index contributed by atoms with van der Waals surface area (Å²) in [4.78, 5) is 35.3. The Balaban J connectivity index is 2.66. The minimum Gasteiger partial charge on any atom is -0.480 e. The van der Waals surface area contributed by atoms with Gasteiger partial charge in [-0.1, -0.05) is 13.8 Å². The molecule has 1 amide bonds. The second-order valence-electron chi connectivity index (χ2n) is 4.52. The number of aliphatic carboxylic acids is 1. The summed E-state index contributed by atoms with van der Waals surface area (Å²) in [5, 5.41) is 8.89. The highest BCUT2D eigenvalue weighted by molar-refractivity contribution is 6.36. The van der Waals surface area contributed by atoms with Gasteiger partial charge in [-0.2, -0.15) is 0 Å². The minimum atomic E-state index is -1.02. The molecule has 0 aromatic carbocycles. The van der Waals surface area contributed by atoms with Crippen LogP contribution in [0.2, 0.25) is 0 Å². The number of Topliss-reactive ketones (excluding diaryl/α,β-unsaturated/α-hetero) is 1. The fourth-order valence-electron chi connectivity index (χ4n) is 1.88. The molecule has 1 unspecified atom stereocenters. The van der Waals surface area contributed by atoms with Gasteiger partial charge in [0.25, 0.3) is 5.91 Å². The number of carbonyl (C=O) groups is 3. The first-order valence-corrected chi connectivity index (χ1v) is 5.50. The molecule has 0 spiro atoms. The van der Waals surface area contributed by atoms with Crippen LogP contribution in [0, 0.1) is 5.92 Å². The molecule has 1 atom stereocenters. The zero-order valence-corrected chi connectivity index (χ0v) is 9.60. The van der Waals surface area contributed by atoms with Crippen molar-refractivity contribution >= 4 is 17.7 Å². The largest absolute Gasteiger partial charge is 0.480 e. The fourth-order valence-corrected chi connectivity index (χ4v) is 1.88. The lowest BCUT2D eigenvalue weighted by molar-refractivity contribution is -0.152. The van der Waals surface area contributed by atoms with Crippen molar-refractivity contribution in [2.24, 2.45) is 5.92 Å². The van der Waals surface area contributed by atoms with Crippen LogP contribution in [0.3, 0.4) is 0 Å². The second kappa shape index (κ2) is 5.09. The van der Waals surface area contributed by atoms with Crippen LogP contribution in [0.1, 0.15) is 33.1 Å². The highest BCUT2D eigenvalue weighted by atomic mass is 16.4. The maximum absolute atomic E-state index is 11.7. The minimum absolute atomic E-state index is 0.113. The Hall–Kier alpha value is -1.39. The van der Waals surface area contributed by atoms with E-state index >= 15 is 0 Å². The van der Waals surface area contributed by atoms with E-state index in [4.69, 9.17) is 5.11 Å². The van der Waals surface area contributed by atoms with Crippen LogP contribution >= 0.6 is 0 Å². The average molecular weight is 227 g/mol. The van der Waals surface area contributed by atoms with Crippen LogP contribution in [0.15, 0.2) is 0 Å². The number of rotatable bonds is 4. The molecule has 5 heteroatoms. The summed E-state index contributed by atoms with van der Waals surface area (Å²) in [7, 11) is 0. The molecule has 1 rings (SSSR count). The van der Waals surface area contributed by atoms with Crippen LogP contribution in [-0.2, 0) is 14.4 Å². The zero-order chi connectivity index (χ0) is 12.3. The molecule has 90 valence electrons. The SMILES string of the molecule is CC(C)CC(=O)C(=O)N1CCCC1C(=O)O. The van der Waals surface area contributed by atoms with Gasteiger partial charge in [0.2, 0.25) is 5.78 Å². The van der Waals surface area contributed by atoms with Crippen molar-refractivity contribution < 1.29 is 19.5 Å². The van der Waals surface area contributed by atoms with Crippen molar-refractivity contribution in [3.05, 3.63) is 0 Å². The van der Waals surface area contributed by atoms with Gasteiger partial charge in [0, 0.05) is 13.0 Å². The van der Waals surface area contributed by atoms with E-state index in [1.807, 2.05) is 13.8 Å². The van der Waals surface area contributed by atoms with Crippen LogP contribution in [0.5, 0.6) is 0 Å². The van der Waals surface area contributed by atoms with E-state index in [9.17, 15) is 14.4 Å². The molecule has 1 saturated heterocycles. The predicted molar refractivity (Wildman–Crippen MR) is 56.8 cm³/mol. The van der Waals surface area contributed by atoms with Gasteiger partial charge in [0.05, 0.1) is 0 Å². The Bertz CT molecular complexity index is 311. The number of likely N-dealkylation sites (tertiary alicyclic amines) is 1. The molecule has 1 N–H and O–H groups in total. The first-order chi connectivity index (χ1) is 7.43. The lowest BCUT2D eigenvalue weighted by Gasteiger charge is -2.20. The van der Waals surface area contributed by atoms with Crippen molar-refractivity contribution in [3.8, 4) is 0 Å². The van der Waals surface area contributed by atoms with Crippen LogP contribution < -0.4 is 0 Å². The van der Waals surface area contributed by atoms with E-state index in [2.05, 4.69) is 0 Å². The van der Waals surface area contributed by atoms with Gasteiger partial charge in [-0.05, 0) is 18.8 Å². The topological polar surface area (TPSA) is 74.7 Å². The van der Waals surface area contributed by atoms with Crippen molar-refractivity contribution in [1.82, 2.24) is 4.90 Å². The van der Waals surface area contributed by atoms with Gasteiger partial charge < -0.3 is 10.0 Å². The third-order valence-electron chi connectivity index (χ3n) is 2.63. The number of carboxylic acid groups (broad SMARTS) is 1. The van der Waals surface area contributed by atoms with Gasteiger partial charge in [-0.25, -0.2) is 4.79 Å². The lowest BCUT2D eigenvalue weighted by Crippen LogP contribution is -2.44. The number of amides is 1. The molecule has 0 saturated carbocycles.